The van der Waals surface area contributed by atoms with Gasteiger partial charge in [-0.3, -0.25) is 0 Å². The van der Waals surface area contributed by atoms with Crippen molar-refractivity contribution in [1.29, 1.82) is 0 Å². The van der Waals surface area contributed by atoms with Crippen molar-refractivity contribution in [2.75, 3.05) is 38.9 Å². The molecule has 0 saturated carbocycles. The van der Waals surface area contributed by atoms with Gasteiger partial charge in [-0.1, -0.05) is 18.2 Å². The van der Waals surface area contributed by atoms with E-state index >= 15 is 0 Å². The molecule has 1 atom stereocenters. The number of rotatable bonds is 7. The predicted molar refractivity (Wildman–Crippen MR) is 122 cm³/mol. The highest BCUT2D eigenvalue weighted by molar-refractivity contribution is 7.80. The highest BCUT2D eigenvalue weighted by Gasteiger charge is 2.21. The summed E-state index contributed by atoms with van der Waals surface area (Å²) in [5.41, 5.74) is 3.52. The van der Waals surface area contributed by atoms with Gasteiger partial charge in [-0.15, -0.1) is 0 Å². The third-order valence-corrected chi connectivity index (χ3v) is 5.84. The van der Waals surface area contributed by atoms with Crippen LogP contribution in [0.2, 0.25) is 0 Å². The zero-order valence-corrected chi connectivity index (χ0v) is 18.4. The minimum absolute atomic E-state index is 0.233. The standard InChI is InChI=1S/C23H29N3O3S/c1-25(2)19-8-5-17(6-9-19)14-26(15-20-4-3-11-27-20)23(30)24-13-18-7-10-21-22(12-18)29-16-28-21/h5-10,12,20H,3-4,11,13-16H2,1-2H3,(H,24,30)/t20-/m1/s1. The number of hydrogen-bond donors (Lipinski definition) is 1. The summed E-state index contributed by atoms with van der Waals surface area (Å²) in [4.78, 5) is 4.31. The molecule has 7 heteroatoms. The van der Waals surface area contributed by atoms with Crippen LogP contribution in [0.15, 0.2) is 42.5 Å². The molecule has 0 radical (unpaired) electrons. The van der Waals surface area contributed by atoms with Crippen molar-refractivity contribution in [2.24, 2.45) is 0 Å². The van der Waals surface area contributed by atoms with Crippen molar-refractivity contribution in [3.8, 4) is 11.5 Å². The van der Waals surface area contributed by atoms with E-state index in [1.54, 1.807) is 0 Å². The zero-order valence-electron chi connectivity index (χ0n) is 17.6. The summed E-state index contributed by atoms with van der Waals surface area (Å²) in [5, 5.41) is 4.15. The van der Waals surface area contributed by atoms with Gasteiger partial charge >= 0.3 is 0 Å². The molecule has 0 amide bonds. The van der Waals surface area contributed by atoms with Crippen molar-refractivity contribution in [3.63, 3.8) is 0 Å². The summed E-state index contributed by atoms with van der Waals surface area (Å²) in [6.07, 6.45) is 2.44. The predicted octanol–water partition coefficient (Wildman–Crippen LogP) is 3.54. The Labute approximate surface area is 183 Å². The Kier molecular flexibility index (Phi) is 6.59. The van der Waals surface area contributed by atoms with Gasteiger partial charge in [0.05, 0.1) is 6.10 Å². The molecule has 4 rings (SSSR count). The number of thiocarbonyl (C=S) groups is 1. The molecule has 1 fully saturated rings. The quantitative estimate of drug-likeness (QED) is 0.678. The van der Waals surface area contributed by atoms with Crippen LogP contribution in [0.3, 0.4) is 0 Å². The molecular formula is C23H29N3O3S. The largest absolute Gasteiger partial charge is 0.454 e. The van der Waals surface area contributed by atoms with Gasteiger partial charge < -0.3 is 29.3 Å². The highest BCUT2D eigenvalue weighted by atomic mass is 32.1. The highest BCUT2D eigenvalue weighted by Crippen LogP contribution is 2.32. The Bertz CT molecular complexity index is 866. The lowest BCUT2D eigenvalue weighted by Crippen LogP contribution is -2.42. The molecule has 1 saturated heterocycles. The van der Waals surface area contributed by atoms with Gasteiger partial charge in [0.25, 0.3) is 0 Å². The van der Waals surface area contributed by atoms with Crippen molar-refractivity contribution >= 4 is 23.0 Å². The lowest BCUT2D eigenvalue weighted by atomic mass is 10.1. The number of nitrogens with one attached hydrogen (secondary N) is 1. The van der Waals surface area contributed by atoms with Crippen LogP contribution in [0.4, 0.5) is 5.69 Å². The molecule has 0 aliphatic carbocycles. The minimum atomic E-state index is 0.233. The van der Waals surface area contributed by atoms with Crippen molar-refractivity contribution in [3.05, 3.63) is 53.6 Å². The molecule has 160 valence electrons. The Morgan fingerprint density at radius 3 is 2.57 bits per heavy atom. The van der Waals surface area contributed by atoms with E-state index < -0.39 is 0 Å². The van der Waals surface area contributed by atoms with Gasteiger partial charge in [0.2, 0.25) is 6.79 Å². The molecule has 0 unspecified atom stereocenters. The molecule has 2 heterocycles. The number of anilines is 1. The lowest BCUT2D eigenvalue weighted by molar-refractivity contribution is 0.0897. The second-order valence-electron chi connectivity index (χ2n) is 7.92. The smallest absolute Gasteiger partial charge is 0.231 e. The fraction of sp³-hybridized carbons (Fsp3) is 0.435. The van der Waals surface area contributed by atoms with Crippen LogP contribution >= 0.6 is 12.2 Å². The van der Waals surface area contributed by atoms with Gasteiger partial charge in [-0.25, -0.2) is 0 Å². The zero-order chi connectivity index (χ0) is 20.9. The second kappa shape index (κ2) is 9.53. The van der Waals surface area contributed by atoms with Gasteiger partial charge in [0.15, 0.2) is 16.6 Å². The average molecular weight is 428 g/mol. The molecule has 0 aromatic heterocycles. The van der Waals surface area contributed by atoms with E-state index in [2.05, 4.69) is 39.4 Å². The van der Waals surface area contributed by atoms with Crippen LogP contribution in [0.25, 0.3) is 0 Å². The van der Waals surface area contributed by atoms with Crippen LogP contribution in [0.5, 0.6) is 11.5 Å². The fourth-order valence-electron chi connectivity index (χ4n) is 3.71. The third kappa shape index (κ3) is 5.15. The van der Waals surface area contributed by atoms with Crippen molar-refractivity contribution < 1.29 is 14.2 Å². The molecule has 2 aromatic carbocycles. The molecule has 2 aromatic rings. The van der Waals surface area contributed by atoms with E-state index in [-0.39, 0.29) is 12.9 Å². The maximum Gasteiger partial charge on any atom is 0.231 e. The summed E-state index contributed by atoms with van der Waals surface area (Å²) < 4.78 is 16.7. The van der Waals surface area contributed by atoms with Crippen LogP contribution in [-0.2, 0) is 17.8 Å². The monoisotopic (exact) mass is 427 g/mol. The molecule has 2 aliphatic heterocycles. The molecule has 30 heavy (non-hydrogen) atoms. The first-order chi connectivity index (χ1) is 14.6. The number of hydrogen-bond acceptors (Lipinski definition) is 5. The number of benzene rings is 2. The summed E-state index contributed by atoms with van der Waals surface area (Å²) in [6.45, 7) is 3.31. The van der Waals surface area contributed by atoms with Gasteiger partial charge in [0, 0.05) is 46.0 Å². The molecular weight excluding hydrogens is 398 g/mol. The Hall–Kier alpha value is -2.51. The second-order valence-corrected chi connectivity index (χ2v) is 8.31. The summed E-state index contributed by atoms with van der Waals surface area (Å²) in [5.74, 6) is 1.58. The SMILES string of the molecule is CN(C)c1ccc(CN(C[C@H]2CCCO2)C(=S)NCc2ccc3c(c2)OCO3)cc1. The molecule has 1 N–H and O–H groups in total. The normalized spacial score (nSPS) is 17.1. The number of ether oxygens (including phenoxy) is 3. The molecule has 2 aliphatic rings. The summed E-state index contributed by atoms with van der Waals surface area (Å²) in [6, 6.07) is 14.6. The van der Waals surface area contributed by atoms with Crippen LogP contribution in [0.1, 0.15) is 24.0 Å². The van der Waals surface area contributed by atoms with Crippen molar-refractivity contribution in [2.45, 2.75) is 32.0 Å². The van der Waals surface area contributed by atoms with Crippen LogP contribution in [0, 0.1) is 0 Å². The third-order valence-electron chi connectivity index (χ3n) is 5.44. The first-order valence-corrected chi connectivity index (χ1v) is 10.8. The van der Waals surface area contributed by atoms with Crippen LogP contribution < -0.4 is 19.7 Å². The van der Waals surface area contributed by atoms with E-state index in [0.717, 1.165) is 54.7 Å². The maximum absolute atomic E-state index is 5.87. The number of fused-ring (bicyclic) bond motifs is 1. The minimum Gasteiger partial charge on any atom is -0.454 e. The van der Waals surface area contributed by atoms with E-state index in [1.807, 2.05) is 32.3 Å². The molecule has 0 bridgehead atoms. The van der Waals surface area contributed by atoms with E-state index in [1.165, 1.54) is 11.3 Å². The number of nitrogens with zero attached hydrogens (tertiary/aromatic N) is 2. The molecule has 6 nitrogen and oxygen atoms in total. The van der Waals surface area contributed by atoms with E-state index in [0.29, 0.717) is 6.54 Å². The Balaban J connectivity index is 1.40. The Morgan fingerprint density at radius 2 is 1.83 bits per heavy atom. The van der Waals surface area contributed by atoms with E-state index in [9.17, 15) is 0 Å². The van der Waals surface area contributed by atoms with Gasteiger partial charge in [-0.2, -0.15) is 0 Å². The summed E-state index contributed by atoms with van der Waals surface area (Å²) in [7, 11) is 4.10. The summed E-state index contributed by atoms with van der Waals surface area (Å²) >= 11 is 5.77. The first-order valence-electron chi connectivity index (χ1n) is 10.4. The van der Waals surface area contributed by atoms with E-state index in [4.69, 9.17) is 26.4 Å². The Morgan fingerprint density at radius 1 is 1.07 bits per heavy atom. The van der Waals surface area contributed by atoms with Crippen molar-refractivity contribution in [1.82, 2.24) is 10.2 Å². The fourth-order valence-corrected chi connectivity index (χ4v) is 3.92. The lowest BCUT2D eigenvalue weighted by Gasteiger charge is -2.28. The van der Waals surface area contributed by atoms with Crippen LogP contribution in [-0.4, -0.2) is 50.2 Å². The topological polar surface area (TPSA) is 46.2 Å². The van der Waals surface area contributed by atoms with Gasteiger partial charge in [0.1, 0.15) is 0 Å². The average Bonchev–Trinajstić information content (AvgIpc) is 3.43. The molecule has 0 spiro atoms. The maximum atomic E-state index is 5.87. The first kappa shape index (κ1) is 20.8. The van der Waals surface area contributed by atoms with Gasteiger partial charge in [-0.05, 0) is 60.5 Å².